The number of aromatic nitrogens is 1. The molecule has 0 saturated heterocycles. The molecular weight excluding hydrogens is 418 g/mol. The zero-order valence-electron chi connectivity index (χ0n) is 17.4. The largest absolute Gasteiger partial charge is 0.495 e. The number of nitrogens with zero attached hydrogens (tertiary/aromatic N) is 1. The van der Waals surface area contributed by atoms with E-state index in [4.69, 9.17) is 13.9 Å². The summed E-state index contributed by atoms with van der Waals surface area (Å²) in [6, 6.07) is 11.2. The molecule has 2 aromatic carbocycles. The Morgan fingerprint density at radius 3 is 2.68 bits per heavy atom. The molecule has 4 aromatic rings. The minimum absolute atomic E-state index is 0.327. The molecule has 0 radical (unpaired) electrons. The lowest BCUT2D eigenvalue weighted by atomic mass is 10.1. The molecule has 1 atom stereocenters. The SMILES string of the molecule is CNc1snc(C)c1C(=O)O[C@H](C)C(=O)Nc1cc2oc3ccccc3c2cc1OC. The van der Waals surface area contributed by atoms with E-state index in [0.717, 1.165) is 27.9 Å². The molecular formula is C22H21N3O5S. The van der Waals surface area contributed by atoms with Gasteiger partial charge < -0.3 is 24.5 Å². The van der Waals surface area contributed by atoms with Crippen molar-refractivity contribution in [2.45, 2.75) is 20.0 Å². The van der Waals surface area contributed by atoms with Crippen LogP contribution in [0.25, 0.3) is 21.9 Å². The van der Waals surface area contributed by atoms with Gasteiger partial charge in [-0.2, -0.15) is 4.37 Å². The number of anilines is 2. The Morgan fingerprint density at radius 1 is 1.16 bits per heavy atom. The van der Waals surface area contributed by atoms with E-state index in [9.17, 15) is 9.59 Å². The van der Waals surface area contributed by atoms with Crippen molar-refractivity contribution in [2.75, 3.05) is 24.8 Å². The Balaban J connectivity index is 1.56. The van der Waals surface area contributed by atoms with Crippen molar-refractivity contribution in [3.8, 4) is 5.75 Å². The number of hydrogen-bond donors (Lipinski definition) is 2. The number of methoxy groups -OCH3 is 1. The molecule has 0 aliphatic heterocycles. The number of rotatable bonds is 6. The number of carbonyl (C=O) groups is 2. The van der Waals surface area contributed by atoms with Crippen molar-refractivity contribution in [1.82, 2.24) is 4.37 Å². The maximum absolute atomic E-state index is 12.7. The molecule has 0 spiro atoms. The normalized spacial score (nSPS) is 12.0. The first-order valence-corrected chi connectivity index (χ1v) is 10.4. The molecule has 0 aliphatic carbocycles. The van der Waals surface area contributed by atoms with E-state index in [-0.39, 0.29) is 0 Å². The summed E-state index contributed by atoms with van der Waals surface area (Å²) in [5, 5.41) is 8.10. The van der Waals surface area contributed by atoms with E-state index in [2.05, 4.69) is 15.0 Å². The predicted octanol–water partition coefficient (Wildman–Crippen LogP) is 4.59. The number of fused-ring (bicyclic) bond motifs is 3. The van der Waals surface area contributed by atoms with Gasteiger partial charge in [0.25, 0.3) is 5.91 Å². The van der Waals surface area contributed by atoms with E-state index in [1.807, 2.05) is 30.3 Å². The maximum atomic E-state index is 12.7. The van der Waals surface area contributed by atoms with Crippen LogP contribution in [-0.4, -0.2) is 36.5 Å². The van der Waals surface area contributed by atoms with Crippen LogP contribution in [0.1, 0.15) is 23.0 Å². The first kappa shape index (κ1) is 20.7. The molecule has 8 nitrogen and oxygen atoms in total. The number of hydrogen-bond acceptors (Lipinski definition) is 8. The van der Waals surface area contributed by atoms with Crippen molar-refractivity contribution >= 4 is 56.0 Å². The number of esters is 1. The summed E-state index contributed by atoms with van der Waals surface area (Å²) in [6.45, 7) is 3.22. The van der Waals surface area contributed by atoms with Crippen molar-refractivity contribution in [1.29, 1.82) is 0 Å². The monoisotopic (exact) mass is 439 g/mol. The van der Waals surface area contributed by atoms with Gasteiger partial charge >= 0.3 is 5.97 Å². The van der Waals surface area contributed by atoms with Crippen molar-refractivity contribution < 1.29 is 23.5 Å². The van der Waals surface area contributed by atoms with Crippen molar-refractivity contribution in [2.24, 2.45) is 0 Å². The summed E-state index contributed by atoms with van der Waals surface area (Å²) >= 11 is 1.16. The number of benzene rings is 2. The third-order valence-electron chi connectivity index (χ3n) is 4.90. The average molecular weight is 439 g/mol. The van der Waals surface area contributed by atoms with Gasteiger partial charge in [-0.3, -0.25) is 4.79 Å². The van der Waals surface area contributed by atoms with Gasteiger partial charge in [-0.05, 0) is 37.5 Å². The van der Waals surface area contributed by atoms with E-state index < -0.39 is 18.0 Å². The zero-order valence-corrected chi connectivity index (χ0v) is 18.3. The third-order valence-corrected chi connectivity index (χ3v) is 5.86. The summed E-state index contributed by atoms with van der Waals surface area (Å²) in [4.78, 5) is 25.3. The first-order valence-electron chi connectivity index (χ1n) is 9.58. The second-order valence-corrected chi connectivity index (χ2v) is 7.68. The van der Waals surface area contributed by atoms with E-state index in [1.165, 1.54) is 14.0 Å². The van der Waals surface area contributed by atoms with Crippen LogP contribution in [0.4, 0.5) is 10.7 Å². The molecule has 31 heavy (non-hydrogen) atoms. The molecule has 2 heterocycles. The van der Waals surface area contributed by atoms with Crippen LogP contribution in [0.15, 0.2) is 40.8 Å². The highest BCUT2D eigenvalue weighted by Gasteiger charge is 2.25. The lowest BCUT2D eigenvalue weighted by Crippen LogP contribution is -2.30. The van der Waals surface area contributed by atoms with Gasteiger partial charge in [0.15, 0.2) is 6.10 Å². The summed E-state index contributed by atoms with van der Waals surface area (Å²) in [5.41, 5.74) is 2.65. The van der Waals surface area contributed by atoms with Crippen LogP contribution in [0.5, 0.6) is 5.75 Å². The van der Waals surface area contributed by atoms with Gasteiger partial charge in [0.1, 0.15) is 27.5 Å². The molecule has 2 N–H and O–H groups in total. The van der Waals surface area contributed by atoms with Gasteiger partial charge in [0, 0.05) is 23.9 Å². The Morgan fingerprint density at radius 2 is 1.94 bits per heavy atom. The Kier molecular flexibility index (Phi) is 5.51. The summed E-state index contributed by atoms with van der Waals surface area (Å²) in [6.07, 6.45) is -1.03. The molecule has 2 aromatic heterocycles. The fourth-order valence-electron chi connectivity index (χ4n) is 3.31. The molecule has 0 aliphatic rings. The smallest absolute Gasteiger partial charge is 0.343 e. The van der Waals surface area contributed by atoms with E-state index in [1.54, 1.807) is 20.0 Å². The van der Waals surface area contributed by atoms with E-state index >= 15 is 0 Å². The number of para-hydroxylation sites is 1. The number of carbonyl (C=O) groups excluding carboxylic acids is 2. The number of ether oxygens (including phenoxy) is 2. The van der Waals surface area contributed by atoms with Crippen LogP contribution in [0.2, 0.25) is 0 Å². The fraction of sp³-hybridized carbons (Fsp3) is 0.227. The van der Waals surface area contributed by atoms with Crippen molar-refractivity contribution in [3.05, 3.63) is 47.7 Å². The first-order chi connectivity index (χ1) is 14.9. The number of aryl methyl sites for hydroxylation is 1. The Labute approximate surface area is 182 Å². The third kappa shape index (κ3) is 3.79. The highest BCUT2D eigenvalue weighted by atomic mass is 32.1. The fourth-order valence-corrected chi connectivity index (χ4v) is 4.04. The van der Waals surface area contributed by atoms with Gasteiger partial charge in [-0.25, -0.2) is 4.79 Å². The molecule has 160 valence electrons. The highest BCUT2D eigenvalue weighted by Crippen LogP contribution is 2.36. The van der Waals surface area contributed by atoms with Crippen LogP contribution < -0.4 is 15.4 Å². The standard InChI is InChI=1S/C22H21N3O5S/c1-11-19(21(23-3)31-25-11)22(27)29-12(2)20(26)24-15-10-17-14(9-18(15)28-4)13-7-5-6-8-16(13)30-17/h5-10,12,23H,1-4H3,(H,24,26)/t12-/m1/s1. The summed E-state index contributed by atoms with van der Waals surface area (Å²) < 4.78 is 20.9. The molecule has 0 unspecified atom stereocenters. The minimum Gasteiger partial charge on any atom is -0.495 e. The van der Waals surface area contributed by atoms with Gasteiger partial charge in [0.2, 0.25) is 0 Å². The van der Waals surface area contributed by atoms with Gasteiger partial charge in [-0.1, -0.05) is 18.2 Å². The number of nitrogens with one attached hydrogen (secondary N) is 2. The lowest BCUT2D eigenvalue weighted by Gasteiger charge is -2.15. The second-order valence-electron chi connectivity index (χ2n) is 6.91. The van der Waals surface area contributed by atoms with Crippen LogP contribution in [-0.2, 0) is 9.53 Å². The molecule has 0 bridgehead atoms. The molecule has 0 fully saturated rings. The molecule has 9 heteroatoms. The molecule has 1 amide bonds. The van der Waals surface area contributed by atoms with Crippen LogP contribution >= 0.6 is 11.5 Å². The van der Waals surface area contributed by atoms with Crippen LogP contribution in [0, 0.1) is 6.92 Å². The van der Waals surface area contributed by atoms with Gasteiger partial charge in [0.05, 0.1) is 18.5 Å². The second kappa shape index (κ2) is 8.27. The quantitative estimate of drug-likeness (QED) is 0.424. The van der Waals surface area contributed by atoms with Gasteiger partial charge in [-0.15, -0.1) is 0 Å². The lowest BCUT2D eigenvalue weighted by molar-refractivity contribution is -0.123. The summed E-state index contributed by atoms with van der Waals surface area (Å²) in [7, 11) is 3.22. The maximum Gasteiger partial charge on any atom is 0.343 e. The zero-order chi connectivity index (χ0) is 22.1. The number of furan rings is 1. The average Bonchev–Trinajstić information content (AvgIpc) is 3.32. The highest BCUT2D eigenvalue weighted by molar-refractivity contribution is 7.10. The minimum atomic E-state index is -1.03. The predicted molar refractivity (Wildman–Crippen MR) is 120 cm³/mol. The van der Waals surface area contributed by atoms with E-state index in [0.29, 0.717) is 33.3 Å². The summed E-state index contributed by atoms with van der Waals surface area (Å²) in [5.74, 6) is -0.631. The van der Waals surface area contributed by atoms with Crippen LogP contribution in [0.3, 0.4) is 0 Å². The molecule has 4 rings (SSSR count). The Hall–Kier alpha value is -3.59. The number of amides is 1. The Bertz CT molecular complexity index is 1290. The molecule has 0 saturated carbocycles. The van der Waals surface area contributed by atoms with Crippen molar-refractivity contribution in [3.63, 3.8) is 0 Å². The topological polar surface area (TPSA) is 103 Å².